The fourth-order valence-electron chi connectivity index (χ4n) is 3.61. The van der Waals surface area contributed by atoms with Gasteiger partial charge in [0.2, 0.25) is 5.78 Å². The molecule has 0 saturated heterocycles. The van der Waals surface area contributed by atoms with Gasteiger partial charge in [0, 0.05) is 17.8 Å². The molecular weight excluding hydrogens is 438 g/mol. The second-order valence-corrected chi connectivity index (χ2v) is 7.57. The lowest BCUT2D eigenvalue weighted by Crippen LogP contribution is -2.20. The number of amides is 1. The van der Waals surface area contributed by atoms with Crippen molar-refractivity contribution in [2.75, 3.05) is 32.2 Å². The summed E-state index contributed by atoms with van der Waals surface area (Å²) in [4.78, 5) is 25.0. The summed E-state index contributed by atoms with van der Waals surface area (Å²) in [6.07, 6.45) is 1.66. The number of carbonyl (C=O) groups excluding carboxylic acids is 2. The lowest BCUT2D eigenvalue weighted by Gasteiger charge is -2.19. The van der Waals surface area contributed by atoms with E-state index in [-0.39, 0.29) is 24.1 Å². The minimum absolute atomic E-state index is 0.205. The number of carbonyl (C=O) groups is 2. The van der Waals surface area contributed by atoms with E-state index in [4.69, 9.17) is 23.7 Å². The zero-order chi connectivity index (χ0) is 23.5. The molecule has 5 rings (SSSR count). The van der Waals surface area contributed by atoms with Crippen molar-refractivity contribution in [3.63, 3.8) is 0 Å². The van der Waals surface area contributed by atoms with E-state index in [9.17, 15) is 9.59 Å². The van der Waals surface area contributed by atoms with Gasteiger partial charge in [0.1, 0.15) is 30.5 Å². The number of fused-ring (bicyclic) bond motifs is 2. The quantitative estimate of drug-likeness (QED) is 0.555. The van der Waals surface area contributed by atoms with Gasteiger partial charge in [0.15, 0.2) is 23.9 Å². The number of hydrogen-bond acceptors (Lipinski definition) is 7. The number of ether oxygens (including phenoxy) is 5. The molecule has 0 saturated carbocycles. The Balaban J connectivity index is 1.22. The van der Waals surface area contributed by atoms with Gasteiger partial charge >= 0.3 is 0 Å². The Bertz CT molecular complexity index is 1300. The molecule has 0 unspecified atom stereocenters. The third-order valence-corrected chi connectivity index (χ3v) is 5.23. The third-order valence-electron chi connectivity index (χ3n) is 5.23. The van der Waals surface area contributed by atoms with Crippen molar-refractivity contribution in [2.45, 2.75) is 0 Å². The zero-order valence-electron chi connectivity index (χ0n) is 18.3. The molecule has 1 N–H and O–H groups in total. The van der Waals surface area contributed by atoms with Gasteiger partial charge in [-0.2, -0.15) is 0 Å². The van der Waals surface area contributed by atoms with Crippen LogP contribution in [0.5, 0.6) is 28.7 Å². The fourth-order valence-corrected chi connectivity index (χ4v) is 3.61. The van der Waals surface area contributed by atoms with Crippen LogP contribution in [0.4, 0.5) is 5.69 Å². The van der Waals surface area contributed by atoms with Crippen LogP contribution in [0.15, 0.2) is 66.4 Å². The molecule has 1 amide bonds. The molecule has 2 aliphatic heterocycles. The van der Waals surface area contributed by atoms with Crippen LogP contribution in [0.25, 0.3) is 6.08 Å². The second kappa shape index (κ2) is 9.19. The van der Waals surface area contributed by atoms with E-state index < -0.39 is 0 Å². The number of Topliss-reactive ketones (excluding diaryl/α,β-unsaturated/α-hetero) is 1. The molecule has 34 heavy (non-hydrogen) atoms. The predicted molar refractivity (Wildman–Crippen MR) is 124 cm³/mol. The number of anilines is 1. The molecule has 3 aromatic rings. The SMILES string of the molecule is COc1cccc(C=C2Oc3cc(OCC(=O)Nc4ccc5c(c4)OCCO5)ccc3C2=O)c1. The second-order valence-electron chi connectivity index (χ2n) is 7.57. The highest BCUT2D eigenvalue weighted by atomic mass is 16.6. The molecule has 0 atom stereocenters. The molecule has 8 nitrogen and oxygen atoms in total. The molecule has 2 heterocycles. The summed E-state index contributed by atoms with van der Waals surface area (Å²) in [5, 5.41) is 2.76. The third kappa shape index (κ3) is 4.52. The Morgan fingerprint density at radius 1 is 0.971 bits per heavy atom. The molecule has 3 aromatic carbocycles. The Labute approximate surface area is 195 Å². The number of rotatable bonds is 6. The van der Waals surface area contributed by atoms with E-state index in [0.29, 0.717) is 53.2 Å². The van der Waals surface area contributed by atoms with Crippen molar-refractivity contribution in [2.24, 2.45) is 0 Å². The molecule has 0 spiro atoms. The summed E-state index contributed by atoms with van der Waals surface area (Å²) in [6, 6.07) is 17.3. The highest BCUT2D eigenvalue weighted by Gasteiger charge is 2.28. The number of allylic oxidation sites excluding steroid dienone is 1. The van der Waals surface area contributed by atoms with Crippen LogP contribution in [0.2, 0.25) is 0 Å². The molecule has 0 fully saturated rings. The van der Waals surface area contributed by atoms with E-state index in [2.05, 4.69) is 5.32 Å². The van der Waals surface area contributed by atoms with Gasteiger partial charge in [0.25, 0.3) is 5.91 Å². The van der Waals surface area contributed by atoms with Gasteiger partial charge < -0.3 is 29.0 Å². The van der Waals surface area contributed by atoms with Gasteiger partial charge in [-0.1, -0.05) is 12.1 Å². The summed E-state index contributed by atoms with van der Waals surface area (Å²) in [6.45, 7) is 0.751. The summed E-state index contributed by atoms with van der Waals surface area (Å²) < 4.78 is 27.6. The minimum Gasteiger partial charge on any atom is -0.497 e. The number of nitrogens with one attached hydrogen (secondary N) is 1. The highest BCUT2D eigenvalue weighted by molar-refractivity contribution is 6.14. The number of hydrogen-bond donors (Lipinski definition) is 1. The average Bonchev–Trinajstić information content (AvgIpc) is 3.17. The van der Waals surface area contributed by atoms with Gasteiger partial charge in [0.05, 0.1) is 12.7 Å². The summed E-state index contributed by atoms with van der Waals surface area (Å²) in [5.41, 5.74) is 1.79. The smallest absolute Gasteiger partial charge is 0.262 e. The minimum atomic E-state index is -0.340. The molecule has 0 bridgehead atoms. The topological polar surface area (TPSA) is 92.3 Å². The van der Waals surface area contributed by atoms with Crippen LogP contribution in [-0.4, -0.2) is 38.6 Å². The Kier molecular flexibility index (Phi) is 5.78. The van der Waals surface area contributed by atoms with Crippen molar-refractivity contribution >= 4 is 23.5 Å². The van der Waals surface area contributed by atoms with Crippen LogP contribution in [0, 0.1) is 0 Å². The first kappa shape index (κ1) is 21.4. The van der Waals surface area contributed by atoms with E-state index in [1.54, 1.807) is 49.6 Å². The molecular formula is C26H21NO7. The molecule has 2 aliphatic rings. The lowest BCUT2D eigenvalue weighted by atomic mass is 10.1. The summed E-state index contributed by atoms with van der Waals surface area (Å²) in [5.74, 6) is 2.35. The van der Waals surface area contributed by atoms with E-state index >= 15 is 0 Å². The first-order valence-corrected chi connectivity index (χ1v) is 10.6. The monoisotopic (exact) mass is 459 g/mol. The van der Waals surface area contributed by atoms with Crippen molar-refractivity contribution in [3.8, 4) is 28.7 Å². The summed E-state index contributed by atoms with van der Waals surface area (Å²) in [7, 11) is 1.58. The number of benzene rings is 3. The first-order chi connectivity index (χ1) is 16.6. The summed E-state index contributed by atoms with van der Waals surface area (Å²) >= 11 is 0. The fraction of sp³-hybridized carbons (Fsp3) is 0.154. The lowest BCUT2D eigenvalue weighted by molar-refractivity contribution is -0.118. The molecule has 0 aliphatic carbocycles. The molecule has 172 valence electrons. The van der Waals surface area contributed by atoms with Gasteiger partial charge in [-0.3, -0.25) is 9.59 Å². The van der Waals surface area contributed by atoms with Crippen molar-refractivity contribution in [1.29, 1.82) is 0 Å². The number of ketones is 1. The molecule has 0 aromatic heterocycles. The van der Waals surface area contributed by atoms with Crippen molar-refractivity contribution < 1.29 is 33.3 Å². The van der Waals surface area contributed by atoms with Gasteiger partial charge in [-0.15, -0.1) is 0 Å². The van der Waals surface area contributed by atoms with Crippen LogP contribution >= 0.6 is 0 Å². The standard InChI is InChI=1S/C26H21NO7/c1-30-18-4-2-3-16(11-18)12-24-26(29)20-7-6-19(14-22(20)34-24)33-15-25(28)27-17-5-8-21-23(13-17)32-10-9-31-21/h2-8,11-14H,9-10,15H2,1H3,(H,27,28). The van der Waals surface area contributed by atoms with Crippen LogP contribution in [0.3, 0.4) is 0 Å². The van der Waals surface area contributed by atoms with E-state index in [1.165, 1.54) is 0 Å². The highest BCUT2D eigenvalue weighted by Crippen LogP contribution is 2.35. The van der Waals surface area contributed by atoms with Crippen LogP contribution in [-0.2, 0) is 4.79 Å². The average molecular weight is 459 g/mol. The maximum Gasteiger partial charge on any atom is 0.262 e. The zero-order valence-corrected chi connectivity index (χ0v) is 18.3. The van der Waals surface area contributed by atoms with Crippen LogP contribution < -0.4 is 29.0 Å². The Morgan fingerprint density at radius 2 is 1.82 bits per heavy atom. The predicted octanol–water partition coefficient (Wildman–Crippen LogP) is 4.10. The first-order valence-electron chi connectivity index (χ1n) is 10.6. The molecule has 8 heteroatoms. The van der Waals surface area contributed by atoms with E-state index in [0.717, 1.165) is 5.56 Å². The van der Waals surface area contributed by atoms with Gasteiger partial charge in [-0.25, -0.2) is 0 Å². The van der Waals surface area contributed by atoms with Crippen molar-refractivity contribution in [1.82, 2.24) is 0 Å². The Hall–Kier alpha value is -4.46. The van der Waals surface area contributed by atoms with Crippen molar-refractivity contribution in [3.05, 3.63) is 77.5 Å². The maximum absolute atomic E-state index is 12.7. The largest absolute Gasteiger partial charge is 0.497 e. The van der Waals surface area contributed by atoms with Crippen LogP contribution in [0.1, 0.15) is 15.9 Å². The normalized spacial score (nSPS) is 14.9. The Morgan fingerprint density at radius 3 is 2.68 bits per heavy atom. The maximum atomic E-state index is 12.7. The molecule has 0 radical (unpaired) electrons. The number of methoxy groups -OCH3 is 1. The van der Waals surface area contributed by atoms with E-state index in [1.807, 2.05) is 24.3 Å². The van der Waals surface area contributed by atoms with Gasteiger partial charge in [-0.05, 0) is 48.0 Å².